The molecule has 174 valence electrons. The number of halogens is 2. The Morgan fingerprint density at radius 3 is 2.50 bits per heavy atom. The van der Waals surface area contributed by atoms with Gasteiger partial charge in [-0.25, -0.2) is 12.8 Å². The number of thiocarbonyl (C=S) groups is 1. The number of ether oxygens (including phenoxy) is 1. The van der Waals surface area contributed by atoms with Crippen LogP contribution < -0.4 is 15.4 Å². The quantitative estimate of drug-likeness (QED) is 0.237. The van der Waals surface area contributed by atoms with E-state index >= 15 is 0 Å². The van der Waals surface area contributed by atoms with Crippen molar-refractivity contribution in [3.8, 4) is 0 Å². The molecule has 0 fully saturated rings. The molecule has 32 heavy (non-hydrogen) atoms. The molecule has 0 saturated heterocycles. The molecule has 0 bridgehead atoms. The molecule has 1 atom stereocenters. The van der Waals surface area contributed by atoms with Crippen LogP contribution in [-0.4, -0.2) is 39.2 Å². The smallest absolute Gasteiger partial charge is 0.323 e. The van der Waals surface area contributed by atoms with Gasteiger partial charge in [0.1, 0.15) is 11.9 Å². The van der Waals surface area contributed by atoms with Gasteiger partial charge in [-0.15, -0.1) is 0 Å². The van der Waals surface area contributed by atoms with Crippen LogP contribution >= 0.6 is 28.1 Å². The largest absolute Gasteiger partial charge is 0.468 e. The Morgan fingerprint density at radius 1 is 1.19 bits per heavy atom. The molecule has 0 saturated carbocycles. The standard InChI is InChI=1S/C21H25BrFN3O4S2/c1-14-6-9-16(10-7-14)32(28,29)26-19(20(27)30-2)5-3-4-12-24-21(31)25-18-11-8-15(23)13-17(18)22/h6-11,13,19,26H,3-5,12H2,1-2H3,(H2,24,25,31). The average Bonchev–Trinajstić information content (AvgIpc) is 2.74. The van der Waals surface area contributed by atoms with Crippen molar-refractivity contribution >= 4 is 54.9 Å². The molecule has 0 aromatic heterocycles. The van der Waals surface area contributed by atoms with Crippen LogP contribution in [0.3, 0.4) is 0 Å². The summed E-state index contributed by atoms with van der Waals surface area (Å²) in [4.78, 5) is 12.2. The van der Waals surface area contributed by atoms with E-state index in [9.17, 15) is 17.6 Å². The predicted molar refractivity (Wildman–Crippen MR) is 129 cm³/mol. The van der Waals surface area contributed by atoms with Gasteiger partial charge in [0, 0.05) is 11.0 Å². The van der Waals surface area contributed by atoms with Gasteiger partial charge in [0.05, 0.1) is 17.7 Å². The van der Waals surface area contributed by atoms with Crippen LogP contribution in [0.15, 0.2) is 51.8 Å². The minimum absolute atomic E-state index is 0.0852. The number of unbranched alkanes of at least 4 members (excludes halogenated alkanes) is 1. The second-order valence-electron chi connectivity index (χ2n) is 7.01. The van der Waals surface area contributed by atoms with E-state index in [0.29, 0.717) is 34.7 Å². The molecule has 3 N–H and O–H groups in total. The fourth-order valence-electron chi connectivity index (χ4n) is 2.77. The number of rotatable bonds is 10. The van der Waals surface area contributed by atoms with Gasteiger partial charge in [-0.1, -0.05) is 17.7 Å². The normalized spacial score (nSPS) is 12.1. The molecule has 0 radical (unpaired) electrons. The average molecular weight is 546 g/mol. The Bertz CT molecular complexity index is 1050. The van der Waals surface area contributed by atoms with Crippen molar-refractivity contribution in [2.75, 3.05) is 19.0 Å². The third kappa shape index (κ3) is 8.12. The predicted octanol–water partition coefficient (Wildman–Crippen LogP) is 3.87. The first-order chi connectivity index (χ1) is 15.1. The number of benzene rings is 2. The van der Waals surface area contributed by atoms with Crippen molar-refractivity contribution in [2.24, 2.45) is 0 Å². The number of hydrogen-bond donors (Lipinski definition) is 3. The van der Waals surface area contributed by atoms with Crippen LogP contribution in [0.1, 0.15) is 24.8 Å². The van der Waals surface area contributed by atoms with E-state index in [0.717, 1.165) is 5.56 Å². The van der Waals surface area contributed by atoms with E-state index in [1.54, 1.807) is 18.2 Å². The lowest BCUT2D eigenvalue weighted by Gasteiger charge is -2.17. The van der Waals surface area contributed by atoms with E-state index in [-0.39, 0.29) is 17.1 Å². The summed E-state index contributed by atoms with van der Waals surface area (Å²) in [7, 11) is -2.64. The van der Waals surface area contributed by atoms with Crippen LogP contribution in [-0.2, 0) is 19.6 Å². The van der Waals surface area contributed by atoms with E-state index in [2.05, 4.69) is 31.3 Å². The molecule has 11 heteroatoms. The summed E-state index contributed by atoms with van der Waals surface area (Å²) in [5, 5.41) is 6.34. The lowest BCUT2D eigenvalue weighted by atomic mass is 10.1. The zero-order valence-electron chi connectivity index (χ0n) is 17.7. The second kappa shape index (κ2) is 12.2. The first kappa shape index (κ1) is 26.2. The van der Waals surface area contributed by atoms with E-state index in [1.807, 2.05) is 6.92 Å². The Hall–Kier alpha value is -2.08. The fourth-order valence-corrected chi connectivity index (χ4v) is 4.65. The summed E-state index contributed by atoms with van der Waals surface area (Å²) in [6, 6.07) is 9.58. The summed E-state index contributed by atoms with van der Waals surface area (Å²) in [5.41, 5.74) is 1.56. The molecule has 2 rings (SSSR count). The monoisotopic (exact) mass is 545 g/mol. The lowest BCUT2D eigenvalue weighted by Crippen LogP contribution is -2.41. The summed E-state index contributed by atoms with van der Waals surface area (Å²) < 4.78 is 46.1. The highest BCUT2D eigenvalue weighted by Gasteiger charge is 2.26. The maximum atomic E-state index is 13.2. The van der Waals surface area contributed by atoms with Crippen molar-refractivity contribution in [1.29, 1.82) is 0 Å². The third-order valence-electron chi connectivity index (χ3n) is 4.50. The number of carbonyl (C=O) groups excluding carboxylic acids is 1. The van der Waals surface area contributed by atoms with Crippen molar-refractivity contribution < 1.29 is 22.3 Å². The van der Waals surface area contributed by atoms with Crippen LogP contribution in [0, 0.1) is 12.7 Å². The van der Waals surface area contributed by atoms with Crippen LogP contribution in [0.5, 0.6) is 0 Å². The van der Waals surface area contributed by atoms with Crippen molar-refractivity contribution in [1.82, 2.24) is 10.0 Å². The van der Waals surface area contributed by atoms with Gasteiger partial charge in [0.2, 0.25) is 10.0 Å². The molecule has 7 nitrogen and oxygen atoms in total. The fraction of sp³-hybridized carbons (Fsp3) is 0.333. The maximum Gasteiger partial charge on any atom is 0.323 e. The molecule has 0 heterocycles. The molecule has 0 aliphatic rings. The molecule has 2 aromatic rings. The first-order valence-corrected chi connectivity index (χ1v) is 12.5. The highest BCUT2D eigenvalue weighted by atomic mass is 79.9. The summed E-state index contributed by atoms with van der Waals surface area (Å²) in [5.74, 6) is -1.01. The van der Waals surface area contributed by atoms with E-state index in [4.69, 9.17) is 17.0 Å². The second-order valence-corrected chi connectivity index (χ2v) is 9.99. The minimum Gasteiger partial charge on any atom is -0.468 e. The highest BCUT2D eigenvalue weighted by Crippen LogP contribution is 2.22. The SMILES string of the molecule is COC(=O)C(CCCCNC(=S)Nc1ccc(F)cc1Br)NS(=O)(=O)c1ccc(C)cc1. The van der Waals surface area contributed by atoms with Crippen molar-refractivity contribution in [3.63, 3.8) is 0 Å². The topological polar surface area (TPSA) is 96.5 Å². The number of sulfonamides is 1. The molecule has 0 aliphatic carbocycles. The van der Waals surface area contributed by atoms with E-state index < -0.39 is 22.0 Å². The van der Waals surface area contributed by atoms with Crippen LogP contribution in [0.4, 0.5) is 10.1 Å². The number of aryl methyl sites for hydroxylation is 1. The van der Waals surface area contributed by atoms with Gasteiger partial charge in [-0.3, -0.25) is 4.79 Å². The highest BCUT2D eigenvalue weighted by molar-refractivity contribution is 9.10. The number of carbonyl (C=O) groups is 1. The molecule has 0 spiro atoms. The Morgan fingerprint density at radius 2 is 1.88 bits per heavy atom. The number of hydrogen-bond acceptors (Lipinski definition) is 5. The molecule has 1 unspecified atom stereocenters. The van der Waals surface area contributed by atoms with Gasteiger partial charge >= 0.3 is 5.97 Å². The van der Waals surface area contributed by atoms with Gasteiger partial charge in [0.15, 0.2) is 5.11 Å². The van der Waals surface area contributed by atoms with Crippen molar-refractivity contribution in [3.05, 3.63) is 58.3 Å². The number of anilines is 1. The summed E-state index contributed by atoms with van der Waals surface area (Å²) in [6.45, 7) is 2.36. The molecule has 2 aromatic carbocycles. The Balaban J connectivity index is 1.83. The van der Waals surface area contributed by atoms with Gasteiger partial charge in [-0.05, 0) is 84.7 Å². The Kier molecular flexibility index (Phi) is 10.0. The number of nitrogens with one attached hydrogen (secondary N) is 3. The van der Waals surface area contributed by atoms with Gasteiger partial charge < -0.3 is 15.4 Å². The molecule has 0 aliphatic heterocycles. The van der Waals surface area contributed by atoms with Crippen molar-refractivity contribution in [2.45, 2.75) is 37.1 Å². The molecular weight excluding hydrogens is 521 g/mol. The lowest BCUT2D eigenvalue weighted by molar-refractivity contribution is -0.142. The van der Waals surface area contributed by atoms with E-state index in [1.165, 1.54) is 31.4 Å². The number of esters is 1. The van der Waals surface area contributed by atoms with Crippen LogP contribution in [0.2, 0.25) is 0 Å². The number of methoxy groups -OCH3 is 1. The third-order valence-corrected chi connectivity index (χ3v) is 6.89. The zero-order chi connectivity index (χ0) is 23.7. The first-order valence-electron chi connectivity index (χ1n) is 9.79. The maximum absolute atomic E-state index is 13.2. The molecule has 0 amide bonds. The zero-order valence-corrected chi connectivity index (χ0v) is 20.9. The summed E-state index contributed by atoms with van der Waals surface area (Å²) in [6.07, 6.45) is 1.45. The van der Waals surface area contributed by atoms with Gasteiger partial charge in [0.25, 0.3) is 0 Å². The molecular formula is C21H25BrFN3O4S2. The summed E-state index contributed by atoms with van der Waals surface area (Å²) >= 11 is 8.48. The van der Waals surface area contributed by atoms with Gasteiger partial charge in [-0.2, -0.15) is 4.72 Å². The minimum atomic E-state index is -3.86. The Labute approximate surface area is 201 Å². The van der Waals surface area contributed by atoms with Crippen LogP contribution in [0.25, 0.3) is 0 Å².